The zero-order valence-electron chi connectivity index (χ0n) is 7.39. The molecule has 0 aliphatic heterocycles. The molecule has 74 valence electrons. The lowest BCUT2D eigenvalue weighted by Gasteiger charge is -2.07. The molecule has 4 nitrogen and oxygen atoms in total. The molecule has 1 unspecified atom stereocenters. The molecule has 0 aliphatic carbocycles. The van der Waals surface area contributed by atoms with Crippen LogP contribution in [0.2, 0.25) is 5.15 Å². The number of hydrogen-bond donors (Lipinski definition) is 2. The highest BCUT2D eigenvalue weighted by Gasteiger charge is 2.07. The Hall–Kier alpha value is -1.10. The van der Waals surface area contributed by atoms with Crippen LogP contribution in [-0.4, -0.2) is 21.0 Å². The van der Waals surface area contributed by atoms with Crippen molar-refractivity contribution in [2.75, 3.05) is 6.54 Å². The van der Waals surface area contributed by atoms with Crippen molar-refractivity contribution in [1.82, 2.24) is 9.38 Å². The lowest BCUT2D eigenvalue weighted by Crippen LogP contribution is -2.11. The maximum absolute atomic E-state index is 9.50. The summed E-state index contributed by atoms with van der Waals surface area (Å²) < 4.78 is 1.76. The zero-order valence-corrected chi connectivity index (χ0v) is 8.15. The molecule has 0 saturated carbocycles. The SMILES string of the molecule is NCC(O)c1ccc2c(Cl)ncn2c1. The summed E-state index contributed by atoms with van der Waals surface area (Å²) in [5.74, 6) is 0. The molecule has 2 aromatic rings. The van der Waals surface area contributed by atoms with Crippen LogP contribution in [0.5, 0.6) is 0 Å². The lowest BCUT2D eigenvalue weighted by atomic mass is 10.1. The van der Waals surface area contributed by atoms with Gasteiger partial charge in [0.1, 0.15) is 6.33 Å². The molecule has 1 atom stereocenters. The summed E-state index contributed by atoms with van der Waals surface area (Å²) in [6, 6.07) is 3.60. The van der Waals surface area contributed by atoms with E-state index in [-0.39, 0.29) is 6.54 Å². The predicted molar refractivity (Wildman–Crippen MR) is 54.2 cm³/mol. The number of hydrogen-bond acceptors (Lipinski definition) is 3. The average molecular weight is 212 g/mol. The van der Waals surface area contributed by atoms with Gasteiger partial charge in [-0.3, -0.25) is 0 Å². The van der Waals surface area contributed by atoms with Crippen molar-refractivity contribution in [3.63, 3.8) is 0 Å². The van der Waals surface area contributed by atoms with Crippen molar-refractivity contribution < 1.29 is 5.11 Å². The van der Waals surface area contributed by atoms with Gasteiger partial charge in [0, 0.05) is 12.7 Å². The van der Waals surface area contributed by atoms with E-state index in [0.29, 0.717) is 5.15 Å². The Morgan fingerprint density at radius 2 is 2.36 bits per heavy atom. The maximum Gasteiger partial charge on any atom is 0.154 e. The van der Waals surface area contributed by atoms with E-state index in [1.165, 1.54) is 0 Å². The zero-order chi connectivity index (χ0) is 10.1. The minimum Gasteiger partial charge on any atom is -0.387 e. The number of pyridine rings is 1. The standard InChI is InChI=1S/C9H10ClN3O/c10-9-7-2-1-6(8(14)3-11)4-13(7)5-12-9/h1-2,4-5,8,14H,3,11H2. The second-order valence-corrected chi connectivity index (χ2v) is 3.40. The van der Waals surface area contributed by atoms with Crippen molar-refractivity contribution in [3.05, 3.63) is 35.4 Å². The van der Waals surface area contributed by atoms with E-state index in [1.54, 1.807) is 23.0 Å². The highest BCUT2D eigenvalue weighted by atomic mass is 35.5. The number of rotatable bonds is 2. The summed E-state index contributed by atoms with van der Waals surface area (Å²) >= 11 is 5.82. The van der Waals surface area contributed by atoms with Gasteiger partial charge in [-0.05, 0) is 11.6 Å². The van der Waals surface area contributed by atoms with Crippen molar-refractivity contribution in [1.29, 1.82) is 0 Å². The van der Waals surface area contributed by atoms with Gasteiger partial charge in [0.15, 0.2) is 5.15 Å². The summed E-state index contributed by atoms with van der Waals surface area (Å²) in [4.78, 5) is 3.94. The first-order valence-electron chi connectivity index (χ1n) is 4.22. The van der Waals surface area contributed by atoms with Crippen LogP contribution in [0.3, 0.4) is 0 Å². The van der Waals surface area contributed by atoms with Gasteiger partial charge in [0.2, 0.25) is 0 Å². The van der Waals surface area contributed by atoms with E-state index in [1.807, 2.05) is 6.07 Å². The number of aliphatic hydroxyl groups excluding tert-OH is 1. The van der Waals surface area contributed by atoms with E-state index in [0.717, 1.165) is 11.1 Å². The average Bonchev–Trinajstić information content (AvgIpc) is 2.59. The van der Waals surface area contributed by atoms with E-state index >= 15 is 0 Å². The lowest BCUT2D eigenvalue weighted by molar-refractivity contribution is 0.186. The Kier molecular flexibility index (Phi) is 2.41. The van der Waals surface area contributed by atoms with Gasteiger partial charge in [-0.25, -0.2) is 4.98 Å². The second kappa shape index (κ2) is 3.57. The normalized spacial score (nSPS) is 13.4. The molecule has 0 bridgehead atoms. The largest absolute Gasteiger partial charge is 0.387 e. The molecule has 5 heteroatoms. The maximum atomic E-state index is 9.50. The number of aromatic nitrogens is 2. The molecule has 2 rings (SSSR count). The molecule has 14 heavy (non-hydrogen) atoms. The van der Waals surface area contributed by atoms with Crippen molar-refractivity contribution in [2.24, 2.45) is 5.73 Å². The summed E-state index contributed by atoms with van der Waals surface area (Å²) in [6.45, 7) is 0.202. The van der Waals surface area contributed by atoms with Crippen molar-refractivity contribution in [2.45, 2.75) is 6.10 Å². The van der Waals surface area contributed by atoms with Gasteiger partial charge in [0.25, 0.3) is 0 Å². The summed E-state index contributed by atoms with van der Waals surface area (Å²) in [6.07, 6.45) is 2.73. The minimum absolute atomic E-state index is 0.202. The Morgan fingerprint density at radius 3 is 3.07 bits per heavy atom. The molecule has 2 heterocycles. The smallest absolute Gasteiger partial charge is 0.154 e. The van der Waals surface area contributed by atoms with Gasteiger partial charge < -0.3 is 15.2 Å². The van der Waals surface area contributed by atoms with E-state index in [4.69, 9.17) is 17.3 Å². The fraction of sp³-hybridized carbons (Fsp3) is 0.222. The molecule has 3 N–H and O–H groups in total. The highest BCUT2D eigenvalue weighted by Crippen LogP contribution is 2.18. The number of nitrogens with two attached hydrogens (primary N) is 1. The fourth-order valence-corrected chi connectivity index (χ4v) is 1.52. The van der Waals surface area contributed by atoms with Crippen LogP contribution in [0, 0.1) is 0 Å². The Balaban J connectivity index is 2.52. The monoisotopic (exact) mass is 211 g/mol. The Labute approximate surface area is 85.9 Å². The third-order valence-electron chi connectivity index (χ3n) is 2.11. The quantitative estimate of drug-likeness (QED) is 0.779. The number of aliphatic hydroxyl groups is 1. The Morgan fingerprint density at radius 1 is 1.57 bits per heavy atom. The third kappa shape index (κ3) is 1.48. The number of imidazole rings is 1. The third-order valence-corrected chi connectivity index (χ3v) is 2.41. The number of nitrogens with zero attached hydrogens (tertiary/aromatic N) is 2. The molecule has 2 aromatic heterocycles. The molecule has 0 saturated heterocycles. The van der Waals surface area contributed by atoms with Crippen LogP contribution < -0.4 is 5.73 Å². The van der Waals surface area contributed by atoms with Crippen LogP contribution in [0.15, 0.2) is 24.7 Å². The Bertz CT molecular complexity index is 454. The second-order valence-electron chi connectivity index (χ2n) is 3.04. The summed E-state index contributed by atoms with van der Waals surface area (Å²) in [7, 11) is 0. The molecule has 0 amide bonds. The summed E-state index contributed by atoms with van der Waals surface area (Å²) in [5, 5.41) is 9.96. The van der Waals surface area contributed by atoms with Gasteiger partial charge in [-0.15, -0.1) is 0 Å². The molecule has 0 aliphatic rings. The van der Waals surface area contributed by atoms with Gasteiger partial charge >= 0.3 is 0 Å². The molecular weight excluding hydrogens is 202 g/mol. The van der Waals surface area contributed by atoms with E-state index < -0.39 is 6.10 Å². The molecule has 0 radical (unpaired) electrons. The van der Waals surface area contributed by atoms with E-state index in [2.05, 4.69) is 4.98 Å². The van der Waals surface area contributed by atoms with Crippen molar-refractivity contribution in [3.8, 4) is 0 Å². The van der Waals surface area contributed by atoms with Gasteiger partial charge in [-0.1, -0.05) is 17.7 Å². The van der Waals surface area contributed by atoms with Gasteiger partial charge in [-0.2, -0.15) is 0 Å². The van der Waals surface area contributed by atoms with Crippen LogP contribution in [0.4, 0.5) is 0 Å². The topological polar surface area (TPSA) is 63.5 Å². The number of fused-ring (bicyclic) bond motifs is 1. The van der Waals surface area contributed by atoms with Gasteiger partial charge in [0.05, 0.1) is 11.6 Å². The van der Waals surface area contributed by atoms with Crippen molar-refractivity contribution >= 4 is 17.1 Å². The van der Waals surface area contributed by atoms with Crippen LogP contribution in [0.1, 0.15) is 11.7 Å². The minimum atomic E-state index is -0.638. The van der Waals surface area contributed by atoms with Crippen LogP contribution >= 0.6 is 11.6 Å². The van der Waals surface area contributed by atoms with E-state index in [9.17, 15) is 5.11 Å². The van der Waals surface area contributed by atoms with Crippen LogP contribution in [0.25, 0.3) is 5.52 Å². The number of halogens is 1. The van der Waals surface area contributed by atoms with Crippen LogP contribution in [-0.2, 0) is 0 Å². The highest BCUT2D eigenvalue weighted by molar-refractivity contribution is 6.32. The molecule has 0 aromatic carbocycles. The first kappa shape index (κ1) is 9.45. The molecule has 0 fully saturated rings. The molecule has 0 spiro atoms. The molecular formula is C9H10ClN3O. The first-order chi connectivity index (χ1) is 6.72. The first-order valence-corrected chi connectivity index (χ1v) is 4.60. The fourth-order valence-electron chi connectivity index (χ4n) is 1.32. The predicted octanol–water partition coefficient (Wildman–Crippen LogP) is 0.980. The summed E-state index contributed by atoms with van der Waals surface area (Å²) in [5.41, 5.74) is 6.93.